The SMILES string of the molecule is O=C1C[C@H](c2ccco2)CC2=C1[C@H](c1cccc(Cl)c1Cl)c1c([nH]c(=O)[nH]c1=O)N2. The van der Waals surface area contributed by atoms with Gasteiger partial charge in [-0.25, -0.2) is 4.79 Å². The molecule has 30 heavy (non-hydrogen) atoms. The molecule has 0 bridgehead atoms. The number of carbonyl (C=O) groups is 1. The highest BCUT2D eigenvalue weighted by atomic mass is 35.5. The minimum absolute atomic E-state index is 0.123. The number of allylic oxidation sites excluding steroid dienone is 2. The predicted molar refractivity (Wildman–Crippen MR) is 112 cm³/mol. The van der Waals surface area contributed by atoms with Crippen LogP contribution in [-0.4, -0.2) is 15.8 Å². The van der Waals surface area contributed by atoms with Gasteiger partial charge in [-0.15, -0.1) is 0 Å². The number of furan rings is 1. The Morgan fingerprint density at radius 2 is 1.83 bits per heavy atom. The van der Waals surface area contributed by atoms with Gasteiger partial charge in [0.1, 0.15) is 11.6 Å². The molecule has 5 rings (SSSR count). The van der Waals surface area contributed by atoms with Crippen molar-refractivity contribution in [3.63, 3.8) is 0 Å². The molecule has 9 heteroatoms. The fraction of sp³-hybridized carbons (Fsp3) is 0.190. The molecule has 2 atom stereocenters. The van der Waals surface area contributed by atoms with E-state index in [4.69, 9.17) is 27.6 Å². The molecule has 0 saturated carbocycles. The summed E-state index contributed by atoms with van der Waals surface area (Å²) in [6.07, 6.45) is 2.29. The van der Waals surface area contributed by atoms with E-state index in [-0.39, 0.29) is 34.5 Å². The number of fused-ring (bicyclic) bond motifs is 1. The van der Waals surface area contributed by atoms with Crippen LogP contribution in [0.4, 0.5) is 5.82 Å². The van der Waals surface area contributed by atoms with Crippen molar-refractivity contribution in [2.75, 3.05) is 5.32 Å². The zero-order valence-corrected chi connectivity index (χ0v) is 16.9. The highest BCUT2D eigenvalue weighted by molar-refractivity contribution is 6.42. The van der Waals surface area contributed by atoms with Crippen LogP contribution >= 0.6 is 23.2 Å². The fourth-order valence-electron chi connectivity index (χ4n) is 4.33. The van der Waals surface area contributed by atoms with E-state index in [0.29, 0.717) is 34.0 Å². The predicted octanol–water partition coefficient (Wildman–Crippen LogP) is 3.92. The summed E-state index contributed by atoms with van der Waals surface area (Å²) in [6, 6.07) is 8.69. The molecule has 3 N–H and O–H groups in total. The molecular formula is C21H15Cl2N3O4. The highest BCUT2D eigenvalue weighted by Crippen LogP contribution is 2.48. The van der Waals surface area contributed by atoms with Gasteiger partial charge in [-0.05, 0) is 30.2 Å². The summed E-state index contributed by atoms with van der Waals surface area (Å²) in [7, 11) is 0. The van der Waals surface area contributed by atoms with Crippen LogP contribution in [-0.2, 0) is 4.79 Å². The van der Waals surface area contributed by atoms with E-state index in [1.54, 1.807) is 30.5 Å². The number of carbonyl (C=O) groups excluding carboxylic acids is 1. The lowest BCUT2D eigenvalue weighted by molar-refractivity contribution is -0.116. The monoisotopic (exact) mass is 443 g/mol. The zero-order chi connectivity index (χ0) is 21.0. The second-order valence-corrected chi connectivity index (χ2v) is 8.12. The van der Waals surface area contributed by atoms with Gasteiger partial charge in [-0.2, -0.15) is 0 Å². The van der Waals surface area contributed by atoms with Crippen LogP contribution in [0, 0.1) is 0 Å². The van der Waals surface area contributed by atoms with Crippen molar-refractivity contribution >= 4 is 34.8 Å². The molecule has 0 amide bonds. The third-order valence-corrected chi connectivity index (χ3v) is 6.41. The van der Waals surface area contributed by atoms with Crippen molar-refractivity contribution in [3.05, 3.63) is 95.6 Å². The molecule has 0 unspecified atom stereocenters. The number of aromatic nitrogens is 2. The molecule has 1 aliphatic heterocycles. The number of H-pyrrole nitrogens is 2. The maximum atomic E-state index is 13.3. The molecule has 1 aromatic carbocycles. The largest absolute Gasteiger partial charge is 0.469 e. The first-order valence-electron chi connectivity index (χ1n) is 9.31. The van der Waals surface area contributed by atoms with Crippen molar-refractivity contribution in [2.24, 2.45) is 0 Å². The quantitative estimate of drug-likeness (QED) is 0.556. The normalized spacial score (nSPS) is 20.5. The van der Waals surface area contributed by atoms with Gasteiger partial charge >= 0.3 is 5.69 Å². The van der Waals surface area contributed by atoms with Gasteiger partial charge in [0.2, 0.25) is 0 Å². The van der Waals surface area contributed by atoms with Crippen molar-refractivity contribution < 1.29 is 9.21 Å². The molecule has 2 aromatic heterocycles. The zero-order valence-electron chi connectivity index (χ0n) is 15.4. The van der Waals surface area contributed by atoms with Crippen LogP contribution in [0.25, 0.3) is 0 Å². The van der Waals surface area contributed by atoms with E-state index in [9.17, 15) is 14.4 Å². The van der Waals surface area contributed by atoms with Crippen LogP contribution < -0.4 is 16.6 Å². The van der Waals surface area contributed by atoms with Gasteiger partial charge in [-0.3, -0.25) is 19.6 Å². The van der Waals surface area contributed by atoms with E-state index >= 15 is 0 Å². The van der Waals surface area contributed by atoms with E-state index in [1.165, 1.54) is 0 Å². The topological polar surface area (TPSA) is 108 Å². The number of nitrogens with one attached hydrogen (secondary N) is 3. The second kappa shape index (κ2) is 7.04. The highest BCUT2D eigenvalue weighted by Gasteiger charge is 2.41. The molecule has 3 heterocycles. The number of Topliss-reactive ketones (excluding diaryl/α,β-unsaturated/α-hetero) is 1. The fourth-order valence-corrected chi connectivity index (χ4v) is 4.75. The first-order valence-corrected chi connectivity index (χ1v) is 10.1. The maximum Gasteiger partial charge on any atom is 0.327 e. The average Bonchev–Trinajstić information content (AvgIpc) is 3.23. The summed E-state index contributed by atoms with van der Waals surface area (Å²) in [6.45, 7) is 0. The summed E-state index contributed by atoms with van der Waals surface area (Å²) in [5.41, 5.74) is 0.601. The van der Waals surface area contributed by atoms with E-state index in [0.717, 1.165) is 0 Å². The Hall–Kier alpha value is -3.03. The first kappa shape index (κ1) is 19.0. The first-order chi connectivity index (χ1) is 14.4. The van der Waals surface area contributed by atoms with E-state index < -0.39 is 17.2 Å². The van der Waals surface area contributed by atoms with Gasteiger partial charge < -0.3 is 9.73 Å². The molecule has 2 aliphatic rings. The number of anilines is 1. The van der Waals surface area contributed by atoms with Crippen molar-refractivity contribution in [1.29, 1.82) is 0 Å². The minimum Gasteiger partial charge on any atom is -0.469 e. The number of aromatic amines is 2. The van der Waals surface area contributed by atoms with E-state index in [1.807, 2.05) is 6.07 Å². The number of hydrogen-bond acceptors (Lipinski definition) is 5. The summed E-state index contributed by atoms with van der Waals surface area (Å²) in [4.78, 5) is 42.8. The van der Waals surface area contributed by atoms with Crippen LogP contribution in [0.3, 0.4) is 0 Å². The van der Waals surface area contributed by atoms with Crippen LogP contribution in [0.5, 0.6) is 0 Å². The average molecular weight is 444 g/mol. The van der Waals surface area contributed by atoms with Crippen LogP contribution in [0.1, 0.15) is 41.6 Å². The van der Waals surface area contributed by atoms with Crippen molar-refractivity contribution in [2.45, 2.75) is 24.7 Å². The summed E-state index contributed by atoms with van der Waals surface area (Å²) in [5.74, 6) is -0.0734. The maximum absolute atomic E-state index is 13.3. The Morgan fingerprint density at radius 3 is 2.60 bits per heavy atom. The number of hydrogen-bond donors (Lipinski definition) is 3. The number of rotatable bonds is 2. The number of halogens is 2. The Labute approximate surface area is 179 Å². The van der Waals surface area contributed by atoms with Gasteiger partial charge in [0.05, 0.1) is 21.9 Å². The Kier molecular flexibility index (Phi) is 4.45. The van der Waals surface area contributed by atoms with Crippen LogP contribution in [0.15, 0.2) is 61.9 Å². The molecule has 3 aromatic rings. The van der Waals surface area contributed by atoms with Gasteiger partial charge in [0.15, 0.2) is 5.78 Å². The lowest BCUT2D eigenvalue weighted by Gasteiger charge is -2.35. The van der Waals surface area contributed by atoms with Crippen molar-refractivity contribution in [1.82, 2.24) is 9.97 Å². The molecule has 0 saturated heterocycles. The third kappa shape index (κ3) is 2.93. The number of ketones is 1. The third-order valence-electron chi connectivity index (χ3n) is 5.58. The Balaban J connectivity index is 1.74. The summed E-state index contributed by atoms with van der Waals surface area (Å²) >= 11 is 12.7. The molecule has 1 aliphatic carbocycles. The molecular weight excluding hydrogens is 429 g/mol. The Morgan fingerprint density at radius 1 is 1.00 bits per heavy atom. The smallest absolute Gasteiger partial charge is 0.327 e. The standard InChI is InChI=1S/C21H15Cl2N3O4/c22-11-4-1-3-10(18(11)23)15-16-12(24-19-17(15)20(28)26-21(29)25-19)7-9(8-13(16)27)14-5-2-6-30-14/h1-6,9,15H,7-8H2,(H3,24,25,26,28,29)/t9-,15+/m1/s1. The molecule has 152 valence electrons. The molecule has 0 spiro atoms. The van der Waals surface area contributed by atoms with E-state index in [2.05, 4.69) is 15.3 Å². The summed E-state index contributed by atoms with van der Waals surface area (Å²) in [5, 5.41) is 3.68. The van der Waals surface area contributed by atoms with Gasteiger partial charge in [0, 0.05) is 29.5 Å². The molecule has 7 nitrogen and oxygen atoms in total. The minimum atomic E-state index is -0.756. The molecule has 0 fully saturated rings. The molecule has 0 radical (unpaired) electrons. The summed E-state index contributed by atoms with van der Waals surface area (Å²) < 4.78 is 5.50. The van der Waals surface area contributed by atoms with Gasteiger partial charge in [0.25, 0.3) is 5.56 Å². The van der Waals surface area contributed by atoms with Gasteiger partial charge in [-0.1, -0.05) is 35.3 Å². The second-order valence-electron chi connectivity index (χ2n) is 7.33. The van der Waals surface area contributed by atoms with Crippen LogP contribution in [0.2, 0.25) is 10.0 Å². The number of benzene rings is 1. The van der Waals surface area contributed by atoms with Crippen molar-refractivity contribution in [3.8, 4) is 0 Å². The lowest BCUT2D eigenvalue weighted by atomic mass is 9.73. The lowest BCUT2D eigenvalue weighted by Crippen LogP contribution is -2.37. The Bertz CT molecular complexity index is 1320.